The van der Waals surface area contributed by atoms with Crippen molar-refractivity contribution in [2.75, 3.05) is 31.9 Å². The third kappa shape index (κ3) is 5.10. The van der Waals surface area contributed by atoms with E-state index in [1.165, 1.54) is 12.1 Å². The zero-order valence-electron chi connectivity index (χ0n) is 17.0. The molecule has 0 aromatic heterocycles. The number of thioether (sulfide) groups is 1. The van der Waals surface area contributed by atoms with Crippen molar-refractivity contribution in [3.05, 3.63) is 65.0 Å². The van der Waals surface area contributed by atoms with Crippen molar-refractivity contribution in [1.29, 1.82) is 0 Å². The molecule has 2 aromatic carbocycles. The Bertz CT molecular complexity index is 908. The monoisotopic (exact) mass is 426 g/mol. The van der Waals surface area contributed by atoms with Gasteiger partial charge in [0.15, 0.2) is 5.78 Å². The normalized spacial score (nSPS) is 17.6. The molecule has 2 aliphatic heterocycles. The first-order valence-corrected chi connectivity index (χ1v) is 11.6. The van der Waals surface area contributed by atoms with Crippen LogP contribution >= 0.6 is 11.8 Å². The number of carbonyl (C=O) groups excluding carboxylic acids is 2. The molecule has 0 radical (unpaired) electrons. The van der Waals surface area contributed by atoms with Crippen LogP contribution in [-0.2, 0) is 6.42 Å². The van der Waals surface area contributed by atoms with Crippen LogP contribution in [0.5, 0.6) is 0 Å². The van der Waals surface area contributed by atoms with E-state index in [1.54, 1.807) is 17.8 Å². The SMILES string of the molecule is O=C1CCSc2c1cccc2C(=O)NCC1CCN(CCc2ccc(F)cc2)CC1. The topological polar surface area (TPSA) is 49.4 Å². The van der Waals surface area contributed by atoms with E-state index in [4.69, 9.17) is 0 Å². The molecule has 0 aliphatic carbocycles. The molecular weight excluding hydrogens is 399 g/mol. The van der Waals surface area contributed by atoms with Gasteiger partial charge in [0.05, 0.1) is 5.56 Å². The van der Waals surface area contributed by atoms with Crippen molar-refractivity contribution in [3.63, 3.8) is 0 Å². The Morgan fingerprint density at radius 2 is 1.90 bits per heavy atom. The second-order valence-corrected chi connectivity index (χ2v) is 9.18. The minimum absolute atomic E-state index is 0.0761. The predicted molar refractivity (Wildman–Crippen MR) is 118 cm³/mol. The summed E-state index contributed by atoms with van der Waals surface area (Å²) in [5, 5.41) is 3.09. The Kier molecular flexibility index (Phi) is 6.85. The second-order valence-electron chi connectivity index (χ2n) is 8.08. The van der Waals surface area contributed by atoms with E-state index in [0.717, 1.165) is 55.1 Å². The van der Waals surface area contributed by atoms with Crippen LogP contribution in [-0.4, -0.2) is 48.5 Å². The molecule has 1 saturated heterocycles. The fraction of sp³-hybridized carbons (Fsp3) is 0.417. The molecule has 0 saturated carbocycles. The Hall–Kier alpha value is -2.18. The highest BCUT2D eigenvalue weighted by molar-refractivity contribution is 7.99. The number of nitrogens with one attached hydrogen (secondary N) is 1. The minimum Gasteiger partial charge on any atom is -0.352 e. The van der Waals surface area contributed by atoms with E-state index in [0.29, 0.717) is 30.0 Å². The van der Waals surface area contributed by atoms with Crippen molar-refractivity contribution in [2.24, 2.45) is 5.92 Å². The van der Waals surface area contributed by atoms with E-state index in [-0.39, 0.29) is 17.5 Å². The molecule has 4 rings (SSSR count). The highest BCUT2D eigenvalue weighted by Gasteiger charge is 2.24. The van der Waals surface area contributed by atoms with Gasteiger partial charge >= 0.3 is 0 Å². The number of hydrogen-bond donors (Lipinski definition) is 1. The maximum atomic E-state index is 13.0. The summed E-state index contributed by atoms with van der Waals surface area (Å²) in [5.41, 5.74) is 2.48. The fourth-order valence-electron chi connectivity index (χ4n) is 4.16. The first kappa shape index (κ1) is 21.1. The molecule has 30 heavy (non-hydrogen) atoms. The Morgan fingerprint density at radius 3 is 2.67 bits per heavy atom. The summed E-state index contributed by atoms with van der Waals surface area (Å²) in [4.78, 5) is 28.1. The summed E-state index contributed by atoms with van der Waals surface area (Å²) >= 11 is 1.60. The number of likely N-dealkylation sites (tertiary alicyclic amines) is 1. The summed E-state index contributed by atoms with van der Waals surface area (Å²) in [6.07, 6.45) is 3.59. The smallest absolute Gasteiger partial charge is 0.252 e. The average Bonchev–Trinajstić information content (AvgIpc) is 2.78. The first-order chi connectivity index (χ1) is 14.6. The van der Waals surface area contributed by atoms with Gasteiger partial charge in [-0.05, 0) is 62.0 Å². The number of amides is 1. The van der Waals surface area contributed by atoms with E-state index in [1.807, 2.05) is 24.3 Å². The molecule has 2 heterocycles. The lowest BCUT2D eigenvalue weighted by Crippen LogP contribution is -2.39. The van der Waals surface area contributed by atoms with E-state index in [2.05, 4.69) is 10.2 Å². The van der Waals surface area contributed by atoms with Crippen molar-refractivity contribution in [2.45, 2.75) is 30.6 Å². The number of ketones is 1. The van der Waals surface area contributed by atoms with Crippen molar-refractivity contribution in [1.82, 2.24) is 10.2 Å². The lowest BCUT2D eigenvalue weighted by molar-refractivity contribution is 0.0933. The summed E-state index contributed by atoms with van der Waals surface area (Å²) in [5.74, 6) is 1.08. The molecule has 0 unspecified atom stereocenters. The number of hydrogen-bond acceptors (Lipinski definition) is 4. The summed E-state index contributed by atoms with van der Waals surface area (Å²) < 4.78 is 13.0. The molecule has 2 aromatic rings. The first-order valence-electron chi connectivity index (χ1n) is 10.6. The summed E-state index contributed by atoms with van der Waals surface area (Å²) in [7, 11) is 0. The van der Waals surface area contributed by atoms with Gasteiger partial charge < -0.3 is 10.2 Å². The quantitative estimate of drug-likeness (QED) is 0.753. The van der Waals surface area contributed by atoms with Crippen LogP contribution in [0.1, 0.15) is 45.5 Å². The van der Waals surface area contributed by atoms with Gasteiger partial charge in [0.1, 0.15) is 5.82 Å². The number of piperidine rings is 1. The average molecular weight is 427 g/mol. The van der Waals surface area contributed by atoms with E-state index < -0.39 is 0 Å². The van der Waals surface area contributed by atoms with Crippen LogP contribution in [0.4, 0.5) is 4.39 Å². The van der Waals surface area contributed by atoms with Crippen LogP contribution in [0.15, 0.2) is 47.4 Å². The Balaban J connectivity index is 1.23. The molecule has 1 amide bonds. The third-order valence-corrected chi connectivity index (χ3v) is 7.16. The van der Waals surface area contributed by atoms with Crippen molar-refractivity contribution in [3.8, 4) is 0 Å². The van der Waals surface area contributed by atoms with E-state index in [9.17, 15) is 14.0 Å². The zero-order valence-corrected chi connectivity index (χ0v) is 17.8. The van der Waals surface area contributed by atoms with E-state index >= 15 is 0 Å². The van der Waals surface area contributed by atoms with Crippen LogP contribution in [0.2, 0.25) is 0 Å². The Labute approximate surface area is 181 Å². The predicted octanol–water partition coefficient (Wildman–Crippen LogP) is 4.19. The number of carbonyl (C=O) groups is 2. The standard InChI is InChI=1S/C24H27FN2O2S/c25-19-6-4-17(5-7-19)8-12-27-13-9-18(10-14-27)16-26-24(29)21-3-1-2-20-22(28)11-15-30-23(20)21/h1-7,18H,8-16H2,(H,26,29). The Morgan fingerprint density at radius 1 is 1.13 bits per heavy atom. The molecule has 4 nitrogen and oxygen atoms in total. The lowest BCUT2D eigenvalue weighted by Gasteiger charge is -2.32. The summed E-state index contributed by atoms with van der Waals surface area (Å²) in [6, 6.07) is 12.2. The van der Waals surface area contributed by atoms with Crippen LogP contribution in [0.3, 0.4) is 0 Å². The number of benzene rings is 2. The van der Waals surface area contributed by atoms with Gasteiger partial charge in [-0.1, -0.05) is 24.3 Å². The third-order valence-electron chi connectivity index (χ3n) is 6.02. The largest absolute Gasteiger partial charge is 0.352 e. The van der Waals surface area contributed by atoms with Gasteiger partial charge in [0, 0.05) is 35.7 Å². The maximum absolute atomic E-state index is 13.0. The molecule has 2 aliphatic rings. The van der Waals surface area contributed by atoms with Crippen LogP contribution in [0.25, 0.3) is 0 Å². The van der Waals surface area contributed by atoms with Gasteiger partial charge in [-0.3, -0.25) is 9.59 Å². The number of nitrogens with zero attached hydrogens (tertiary/aromatic N) is 1. The van der Waals surface area contributed by atoms with Crippen LogP contribution in [0, 0.1) is 11.7 Å². The van der Waals surface area contributed by atoms with Crippen molar-refractivity contribution < 1.29 is 14.0 Å². The zero-order chi connectivity index (χ0) is 20.9. The van der Waals surface area contributed by atoms with Gasteiger partial charge in [-0.25, -0.2) is 4.39 Å². The molecule has 0 atom stereocenters. The molecule has 158 valence electrons. The van der Waals surface area contributed by atoms with Crippen LogP contribution < -0.4 is 5.32 Å². The lowest BCUT2D eigenvalue weighted by atomic mass is 9.96. The number of Topliss-reactive ketones (excluding diaryl/α,β-unsaturated/α-hetero) is 1. The highest BCUT2D eigenvalue weighted by Crippen LogP contribution is 2.33. The fourth-order valence-corrected chi connectivity index (χ4v) is 5.30. The number of halogens is 1. The van der Waals surface area contributed by atoms with Gasteiger partial charge in [0.2, 0.25) is 0 Å². The molecule has 0 spiro atoms. The minimum atomic E-state index is -0.192. The maximum Gasteiger partial charge on any atom is 0.252 e. The molecule has 1 fully saturated rings. The highest BCUT2D eigenvalue weighted by atomic mass is 32.2. The molecular formula is C24H27FN2O2S. The number of fused-ring (bicyclic) bond motifs is 1. The van der Waals surface area contributed by atoms with Gasteiger partial charge in [-0.2, -0.15) is 0 Å². The molecule has 0 bridgehead atoms. The second kappa shape index (κ2) is 9.75. The van der Waals surface area contributed by atoms with Gasteiger partial charge in [0.25, 0.3) is 5.91 Å². The molecule has 1 N–H and O–H groups in total. The van der Waals surface area contributed by atoms with Crippen molar-refractivity contribution >= 4 is 23.5 Å². The molecule has 6 heteroatoms. The number of rotatable bonds is 6. The summed E-state index contributed by atoms with van der Waals surface area (Å²) in [6.45, 7) is 3.69. The van der Waals surface area contributed by atoms with Gasteiger partial charge in [-0.15, -0.1) is 11.8 Å².